The van der Waals surface area contributed by atoms with Crippen LogP contribution in [0.3, 0.4) is 0 Å². The molecule has 3 rings (SSSR count). The molecule has 0 aliphatic rings. The Labute approximate surface area is 201 Å². The first-order chi connectivity index (χ1) is 16.1. The van der Waals surface area contributed by atoms with Crippen molar-refractivity contribution in [3.05, 3.63) is 77.9 Å². The Bertz CT molecular complexity index is 1060. The molecule has 0 saturated heterocycles. The topological polar surface area (TPSA) is 52.2 Å². The Balaban J connectivity index is 1.88. The fourth-order valence-electron chi connectivity index (χ4n) is 3.38. The molecule has 0 fully saturated rings. The van der Waals surface area contributed by atoms with Crippen LogP contribution < -0.4 is 24.3 Å². The summed E-state index contributed by atoms with van der Waals surface area (Å²) >= 11 is 5.85. The molecule has 0 saturated carbocycles. The Morgan fingerprint density at radius 2 is 1.52 bits per heavy atom. The molecule has 0 aliphatic carbocycles. The molecule has 0 heterocycles. The SMILES string of the molecule is CCOc1ccccc1NC(=S)N(Cc1ccc(OC)cc1)Cc1ccc(OC)cc1OC. The summed E-state index contributed by atoms with van der Waals surface area (Å²) in [4.78, 5) is 2.09. The van der Waals surface area contributed by atoms with Gasteiger partial charge in [-0.25, -0.2) is 0 Å². The summed E-state index contributed by atoms with van der Waals surface area (Å²) in [5.41, 5.74) is 2.92. The van der Waals surface area contributed by atoms with E-state index in [1.165, 1.54) is 0 Å². The maximum atomic E-state index is 5.85. The third-order valence-electron chi connectivity index (χ3n) is 5.10. The van der Waals surface area contributed by atoms with Gasteiger partial charge in [-0.1, -0.05) is 24.3 Å². The van der Waals surface area contributed by atoms with E-state index in [4.69, 9.17) is 31.2 Å². The molecular formula is C26H30N2O4S. The van der Waals surface area contributed by atoms with E-state index in [9.17, 15) is 0 Å². The first-order valence-electron chi connectivity index (χ1n) is 10.7. The van der Waals surface area contributed by atoms with Crippen LogP contribution >= 0.6 is 12.2 Å². The maximum absolute atomic E-state index is 5.85. The molecule has 33 heavy (non-hydrogen) atoms. The predicted octanol–water partition coefficient (Wildman–Crippen LogP) is 5.51. The van der Waals surface area contributed by atoms with Crippen molar-refractivity contribution in [3.8, 4) is 23.0 Å². The van der Waals surface area contributed by atoms with Crippen LogP contribution in [0.1, 0.15) is 18.1 Å². The smallest absolute Gasteiger partial charge is 0.174 e. The number of thiocarbonyl (C=S) groups is 1. The molecule has 0 amide bonds. The van der Waals surface area contributed by atoms with E-state index in [0.29, 0.717) is 24.8 Å². The highest BCUT2D eigenvalue weighted by Crippen LogP contribution is 2.28. The number of hydrogen-bond donors (Lipinski definition) is 1. The molecule has 0 aromatic heterocycles. The van der Waals surface area contributed by atoms with Gasteiger partial charge in [0.1, 0.15) is 23.0 Å². The number of benzene rings is 3. The van der Waals surface area contributed by atoms with Crippen LogP contribution in [-0.2, 0) is 13.1 Å². The van der Waals surface area contributed by atoms with E-state index in [-0.39, 0.29) is 0 Å². The first kappa shape index (κ1) is 24.2. The molecule has 174 valence electrons. The van der Waals surface area contributed by atoms with Gasteiger partial charge in [-0.3, -0.25) is 0 Å². The van der Waals surface area contributed by atoms with Crippen LogP contribution in [-0.4, -0.2) is 37.9 Å². The number of anilines is 1. The fraction of sp³-hybridized carbons (Fsp3) is 0.269. The molecule has 3 aromatic carbocycles. The molecular weight excluding hydrogens is 436 g/mol. The minimum absolute atomic E-state index is 0.543. The van der Waals surface area contributed by atoms with Crippen molar-refractivity contribution in [1.29, 1.82) is 0 Å². The largest absolute Gasteiger partial charge is 0.497 e. The minimum Gasteiger partial charge on any atom is -0.497 e. The number of ether oxygens (including phenoxy) is 4. The number of hydrogen-bond acceptors (Lipinski definition) is 5. The Morgan fingerprint density at radius 1 is 0.818 bits per heavy atom. The lowest BCUT2D eigenvalue weighted by molar-refractivity contribution is 0.341. The zero-order chi connectivity index (χ0) is 23.6. The van der Waals surface area contributed by atoms with Crippen molar-refractivity contribution in [1.82, 2.24) is 4.90 Å². The highest BCUT2D eigenvalue weighted by molar-refractivity contribution is 7.80. The van der Waals surface area contributed by atoms with Crippen molar-refractivity contribution >= 4 is 23.0 Å². The van der Waals surface area contributed by atoms with Crippen molar-refractivity contribution < 1.29 is 18.9 Å². The van der Waals surface area contributed by atoms with Crippen LogP contribution in [0.2, 0.25) is 0 Å². The summed E-state index contributed by atoms with van der Waals surface area (Å²) in [6.45, 7) is 3.68. The van der Waals surface area contributed by atoms with Gasteiger partial charge in [-0.05, 0) is 61.1 Å². The van der Waals surface area contributed by atoms with E-state index in [1.807, 2.05) is 73.7 Å². The van der Waals surface area contributed by atoms with Crippen LogP contribution in [0.4, 0.5) is 5.69 Å². The quantitative estimate of drug-likeness (QED) is 0.395. The first-order valence-corrected chi connectivity index (χ1v) is 11.1. The Hall–Kier alpha value is -3.45. The lowest BCUT2D eigenvalue weighted by atomic mass is 10.1. The van der Waals surface area contributed by atoms with E-state index in [0.717, 1.165) is 39.8 Å². The molecule has 6 nitrogen and oxygen atoms in total. The average molecular weight is 467 g/mol. The highest BCUT2D eigenvalue weighted by Gasteiger charge is 2.16. The van der Waals surface area contributed by atoms with Gasteiger partial charge in [-0.15, -0.1) is 0 Å². The third-order valence-corrected chi connectivity index (χ3v) is 5.46. The summed E-state index contributed by atoms with van der Waals surface area (Å²) in [5.74, 6) is 3.05. The molecule has 7 heteroatoms. The molecule has 0 unspecified atom stereocenters. The summed E-state index contributed by atoms with van der Waals surface area (Å²) < 4.78 is 22.0. The van der Waals surface area contributed by atoms with Crippen LogP contribution in [0.5, 0.6) is 23.0 Å². The number of para-hydroxylation sites is 2. The second-order valence-corrected chi connectivity index (χ2v) is 7.63. The zero-order valence-corrected chi connectivity index (χ0v) is 20.3. The molecule has 0 aliphatic heterocycles. The molecule has 3 aromatic rings. The van der Waals surface area contributed by atoms with Crippen molar-refractivity contribution in [2.24, 2.45) is 0 Å². The number of nitrogens with one attached hydrogen (secondary N) is 1. The zero-order valence-electron chi connectivity index (χ0n) is 19.5. The fourth-order valence-corrected chi connectivity index (χ4v) is 3.62. The normalized spacial score (nSPS) is 10.3. The highest BCUT2D eigenvalue weighted by atomic mass is 32.1. The van der Waals surface area contributed by atoms with Gasteiger partial charge in [0.15, 0.2) is 5.11 Å². The average Bonchev–Trinajstić information content (AvgIpc) is 2.85. The van der Waals surface area contributed by atoms with E-state index >= 15 is 0 Å². The van der Waals surface area contributed by atoms with Crippen molar-refractivity contribution in [2.45, 2.75) is 20.0 Å². The van der Waals surface area contributed by atoms with Gasteiger partial charge in [0.2, 0.25) is 0 Å². The van der Waals surface area contributed by atoms with Gasteiger partial charge >= 0.3 is 0 Å². The van der Waals surface area contributed by atoms with Crippen molar-refractivity contribution in [2.75, 3.05) is 33.3 Å². The summed E-state index contributed by atoms with van der Waals surface area (Å²) in [5, 5.41) is 3.94. The number of methoxy groups -OCH3 is 3. The van der Waals surface area contributed by atoms with Gasteiger partial charge in [0.25, 0.3) is 0 Å². The predicted molar refractivity (Wildman–Crippen MR) is 136 cm³/mol. The van der Waals surface area contributed by atoms with Gasteiger partial charge in [0.05, 0.1) is 33.6 Å². The summed E-state index contributed by atoms with van der Waals surface area (Å²) in [6.07, 6.45) is 0. The molecule has 0 atom stereocenters. The lowest BCUT2D eigenvalue weighted by Crippen LogP contribution is -2.34. The van der Waals surface area contributed by atoms with Crippen LogP contribution in [0, 0.1) is 0 Å². The second kappa shape index (κ2) is 12.0. The van der Waals surface area contributed by atoms with Gasteiger partial charge in [-0.2, -0.15) is 0 Å². The number of rotatable bonds is 10. The second-order valence-electron chi connectivity index (χ2n) is 7.24. The Kier molecular flexibility index (Phi) is 8.78. The molecule has 0 radical (unpaired) electrons. The third kappa shape index (κ3) is 6.52. The molecule has 0 bridgehead atoms. The molecule has 0 spiro atoms. The Morgan fingerprint density at radius 3 is 2.18 bits per heavy atom. The molecule has 1 N–H and O–H groups in total. The minimum atomic E-state index is 0.543. The summed E-state index contributed by atoms with van der Waals surface area (Å²) in [6, 6.07) is 21.5. The van der Waals surface area contributed by atoms with Crippen molar-refractivity contribution in [3.63, 3.8) is 0 Å². The van der Waals surface area contributed by atoms with Crippen LogP contribution in [0.25, 0.3) is 0 Å². The monoisotopic (exact) mass is 466 g/mol. The van der Waals surface area contributed by atoms with Crippen LogP contribution in [0.15, 0.2) is 66.7 Å². The van der Waals surface area contributed by atoms with Gasteiger partial charge in [0, 0.05) is 24.7 Å². The lowest BCUT2D eigenvalue weighted by Gasteiger charge is -2.27. The number of nitrogens with zero attached hydrogens (tertiary/aromatic N) is 1. The van der Waals surface area contributed by atoms with Gasteiger partial charge < -0.3 is 29.2 Å². The summed E-state index contributed by atoms with van der Waals surface area (Å²) in [7, 11) is 4.95. The van der Waals surface area contributed by atoms with E-state index < -0.39 is 0 Å². The maximum Gasteiger partial charge on any atom is 0.174 e. The standard InChI is InChI=1S/C26H30N2O4S/c1-5-32-24-9-7-6-8-23(24)27-26(33)28(17-19-10-13-21(29-2)14-11-19)18-20-12-15-22(30-3)16-25(20)31-4/h6-16H,5,17-18H2,1-4H3,(H,27,33). The van der Waals surface area contributed by atoms with E-state index in [1.54, 1.807) is 21.3 Å². The van der Waals surface area contributed by atoms with E-state index in [2.05, 4.69) is 10.2 Å².